The third kappa shape index (κ3) is 4.96. The number of esters is 1. The summed E-state index contributed by atoms with van der Waals surface area (Å²) in [7, 11) is -3.80. The van der Waals surface area contributed by atoms with E-state index in [1.807, 2.05) is 0 Å². The van der Waals surface area contributed by atoms with E-state index >= 15 is 0 Å². The van der Waals surface area contributed by atoms with Crippen LogP contribution < -0.4 is 10.0 Å². The van der Waals surface area contributed by atoms with Gasteiger partial charge in [0.1, 0.15) is 5.54 Å². The number of aromatic nitrogens is 1. The molecule has 0 radical (unpaired) electrons. The molecule has 0 unspecified atom stereocenters. The van der Waals surface area contributed by atoms with Crippen molar-refractivity contribution in [1.29, 1.82) is 0 Å². The zero-order valence-corrected chi connectivity index (χ0v) is 17.6. The van der Waals surface area contributed by atoms with Crippen LogP contribution in [0.1, 0.15) is 49.4 Å². The van der Waals surface area contributed by atoms with Gasteiger partial charge in [0, 0.05) is 18.0 Å². The quantitative estimate of drug-likeness (QED) is 0.652. The van der Waals surface area contributed by atoms with Crippen LogP contribution >= 0.6 is 0 Å². The van der Waals surface area contributed by atoms with Crippen molar-refractivity contribution in [2.45, 2.75) is 49.5 Å². The van der Waals surface area contributed by atoms with Gasteiger partial charge in [0.25, 0.3) is 15.9 Å². The van der Waals surface area contributed by atoms with Gasteiger partial charge in [-0.1, -0.05) is 19.3 Å². The summed E-state index contributed by atoms with van der Waals surface area (Å²) in [5.74, 6) is -0.852. The van der Waals surface area contributed by atoms with Crippen LogP contribution in [0.25, 0.3) is 0 Å². The fourth-order valence-corrected chi connectivity index (χ4v) is 4.57. The third-order valence-electron chi connectivity index (χ3n) is 5.09. The van der Waals surface area contributed by atoms with E-state index in [1.54, 1.807) is 19.1 Å². The highest BCUT2D eigenvalue weighted by Gasteiger charge is 2.42. The Morgan fingerprint density at radius 1 is 1.03 bits per heavy atom. The van der Waals surface area contributed by atoms with Crippen LogP contribution in [0.5, 0.6) is 0 Å². The van der Waals surface area contributed by atoms with Crippen molar-refractivity contribution < 1.29 is 22.7 Å². The van der Waals surface area contributed by atoms with Crippen LogP contribution in [-0.4, -0.2) is 37.4 Å². The Balaban J connectivity index is 1.75. The summed E-state index contributed by atoms with van der Waals surface area (Å²) >= 11 is 0. The second-order valence-corrected chi connectivity index (χ2v) is 8.87. The van der Waals surface area contributed by atoms with Gasteiger partial charge >= 0.3 is 5.97 Å². The number of ether oxygens (including phenoxy) is 1. The fourth-order valence-electron chi connectivity index (χ4n) is 3.51. The molecule has 0 spiro atoms. The summed E-state index contributed by atoms with van der Waals surface area (Å²) in [6.07, 6.45) is 6.69. The Labute approximate surface area is 176 Å². The molecule has 0 bridgehead atoms. The molecule has 2 aromatic rings. The Morgan fingerprint density at radius 2 is 1.67 bits per heavy atom. The molecule has 8 nitrogen and oxygen atoms in total. The zero-order valence-electron chi connectivity index (χ0n) is 16.8. The largest absolute Gasteiger partial charge is 0.464 e. The van der Waals surface area contributed by atoms with E-state index in [1.165, 1.54) is 36.7 Å². The molecule has 2 N–H and O–H groups in total. The molecular formula is C21H25N3O5S. The molecule has 0 aliphatic heterocycles. The minimum absolute atomic E-state index is 0.0219. The molecule has 0 saturated heterocycles. The molecule has 0 atom stereocenters. The van der Waals surface area contributed by atoms with Crippen LogP contribution in [0.4, 0.5) is 5.69 Å². The van der Waals surface area contributed by atoms with E-state index in [-0.39, 0.29) is 17.1 Å². The van der Waals surface area contributed by atoms with Crippen LogP contribution in [0.3, 0.4) is 0 Å². The maximum atomic E-state index is 12.8. The number of sulfonamides is 1. The summed E-state index contributed by atoms with van der Waals surface area (Å²) in [6.45, 7) is 1.98. The number of carbonyl (C=O) groups excluding carboxylic acids is 2. The molecule has 1 aromatic heterocycles. The Bertz CT molecular complexity index is 985. The van der Waals surface area contributed by atoms with Gasteiger partial charge in [-0.25, -0.2) is 13.2 Å². The monoisotopic (exact) mass is 431 g/mol. The first kappa shape index (κ1) is 21.8. The van der Waals surface area contributed by atoms with Gasteiger partial charge in [0.15, 0.2) is 0 Å². The van der Waals surface area contributed by atoms with Crippen molar-refractivity contribution >= 4 is 27.6 Å². The van der Waals surface area contributed by atoms with E-state index in [9.17, 15) is 18.0 Å². The first-order valence-electron chi connectivity index (χ1n) is 9.89. The molecule has 1 fully saturated rings. The number of amides is 1. The van der Waals surface area contributed by atoms with E-state index in [0.717, 1.165) is 19.3 Å². The van der Waals surface area contributed by atoms with Crippen molar-refractivity contribution in [3.05, 3.63) is 54.4 Å². The Morgan fingerprint density at radius 3 is 2.27 bits per heavy atom. The maximum absolute atomic E-state index is 12.8. The highest BCUT2D eigenvalue weighted by molar-refractivity contribution is 7.92. The molecule has 1 heterocycles. The molecule has 160 valence electrons. The molecule has 1 aliphatic carbocycles. The SMILES string of the molecule is CCOC(=O)C1(NC(=O)c2ccc(S(=O)(=O)Nc3ccncc3)cc2)CCCCC1. The van der Waals surface area contributed by atoms with Gasteiger partial charge in [0.2, 0.25) is 0 Å². The minimum atomic E-state index is -3.80. The van der Waals surface area contributed by atoms with Crippen LogP contribution in [0.2, 0.25) is 0 Å². The van der Waals surface area contributed by atoms with Crippen molar-refractivity contribution in [2.75, 3.05) is 11.3 Å². The number of anilines is 1. The molecule has 30 heavy (non-hydrogen) atoms. The summed E-state index contributed by atoms with van der Waals surface area (Å²) < 4.78 is 32.7. The predicted molar refractivity (Wildman–Crippen MR) is 111 cm³/mol. The number of hydrogen-bond acceptors (Lipinski definition) is 6. The number of rotatable bonds is 7. The van der Waals surface area contributed by atoms with E-state index in [2.05, 4.69) is 15.0 Å². The lowest BCUT2D eigenvalue weighted by molar-refractivity contribution is -0.152. The second-order valence-electron chi connectivity index (χ2n) is 7.18. The molecule has 1 aromatic carbocycles. The number of hydrogen-bond donors (Lipinski definition) is 2. The Kier molecular flexibility index (Phi) is 6.71. The van der Waals surface area contributed by atoms with E-state index < -0.39 is 27.4 Å². The van der Waals surface area contributed by atoms with Crippen molar-refractivity contribution in [3.8, 4) is 0 Å². The standard InChI is InChI=1S/C21H25N3O5S/c1-2-29-20(26)21(12-4-3-5-13-21)23-19(25)16-6-8-18(9-7-16)30(27,28)24-17-10-14-22-15-11-17/h6-11,14-15H,2-5,12-13H2,1H3,(H,22,24)(H,23,25). The van der Waals surface area contributed by atoms with Crippen molar-refractivity contribution in [2.24, 2.45) is 0 Å². The lowest BCUT2D eigenvalue weighted by Gasteiger charge is -2.35. The molecule has 1 amide bonds. The van der Waals surface area contributed by atoms with Crippen LogP contribution in [-0.2, 0) is 19.6 Å². The van der Waals surface area contributed by atoms with Crippen LogP contribution in [0, 0.1) is 0 Å². The minimum Gasteiger partial charge on any atom is -0.464 e. The molecular weight excluding hydrogens is 406 g/mol. The van der Waals surface area contributed by atoms with Gasteiger partial charge < -0.3 is 10.1 Å². The topological polar surface area (TPSA) is 114 Å². The highest BCUT2D eigenvalue weighted by atomic mass is 32.2. The summed E-state index contributed by atoms with van der Waals surface area (Å²) in [5.41, 5.74) is -0.369. The lowest BCUT2D eigenvalue weighted by Crippen LogP contribution is -2.56. The number of carbonyl (C=O) groups is 2. The average Bonchev–Trinajstić information content (AvgIpc) is 2.75. The predicted octanol–water partition coefficient (Wildman–Crippen LogP) is 2.88. The Hall–Kier alpha value is -2.94. The maximum Gasteiger partial charge on any atom is 0.331 e. The first-order valence-corrected chi connectivity index (χ1v) is 11.4. The summed E-state index contributed by atoms with van der Waals surface area (Å²) in [6, 6.07) is 8.65. The van der Waals surface area contributed by atoms with Crippen LogP contribution in [0.15, 0.2) is 53.7 Å². The number of nitrogens with one attached hydrogen (secondary N) is 2. The molecule has 1 saturated carbocycles. The fraction of sp³-hybridized carbons (Fsp3) is 0.381. The molecule has 3 rings (SSSR count). The van der Waals surface area contributed by atoms with E-state index in [4.69, 9.17) is 4.74 Å². The highest BCUT2D eigenvalue weighted by Crippen LogP contribution is 2.30. The zero-order chi connectivity index (χ0) is 21.6. The van der Waals surface area contributed by atoms with Gasteiger partial charge in [-0.05, 0) is 56.2 Å². The van der Waals surface area contributed by atoms with Gasteiger partial charge in [0.05, 0.1) is 17.2 Å². The third-order valence-corrected chi connectivity index (χ3v) is 6.48. The average molecular weight is 432 g/mol. The summed E-state index contributed by atoms with van der Waals surface area (Å²) in [5, 5.41) is 2.85. The van der Waals surface area contributed by atoms with Crippen molar-refractivity contribution in [3.63, 3.8) is 0 Å². The summed E-state index contributed by atoms with van der Waals surface area (Å²) in [4.78, 5) is 29.2. The molecule has 9 heteroatoms. The number of nitrogens with zero attached hydrogens (tertiary/aromatic N) is 1. The first-order chi connectivity index (χ1) is 14.4. The van der Waals surface area contributed by atoms with Crippen molar-refractivity contribution in [1.82, 2.24) is 10.3 Å². The van der Waals surface area contributed by atoms with Gasteiger partial charge in [-0.15, -0.1) is 0 Å². The van der Waals surface area contributed by atoms with Gasteiger partial charge in [-0.2, -0.15) is 0 Å². The normalized spacial score (nSPS) is 15.8. The second kappa shape index (κ2) is 9.25. The van der Waals surface area contributed by atoms with E-state index in [0.29, 0.717) is 18.5 Å². The molecule has 1 aliphatic rings. The lowest BCUT2D eigenvalue weighted by atomic mass is 9.81. The smallest absolute Gasteiger partial charge is 0.331 e. The number of pyridine rings is 1. The number of benzene rings is 1. The van der Waals surface area contributed by atoms with Gasteiger partial charge in [-0.3, -0.25) is 14.5 Å².